The number of aliphatic hydroxyl groups excluding tert-OH is 1. The number of nitrogens with one attached hydrogen (secondary N) is 2. The molecule has 0 radical (unpaired) electrons. The zero-order chi connectivity index (χ0) is 23.8. The van der Waals surface area contributed by atoms with E-state index in [4.69, 9.17) is 5.73 Å². The molecule has 2 unspecified atom stereocenters. The van der Waals surface area contributed by atoms with Gasteiger partial charge >= 0.3 is 0 Å². The zero-order valence-corrected chi connectivity index (χ0v) is 17.1. The number of nitro benzene ring substituents is 1. The highest BCUT2D eigenvalue weighted by Gasteiger charge is 2.32. The zero-order valence-electron chi connectivity index (χ0n) is 17.1. The first-order chi connectivity index (χ1) is 15.2. The minimum absolute atomic E-state index is 0.0301. The summed E-state index contributed by atoms with van der Waals surface area (Å²) < 4.78 is 0. The molecule has 0 heterocycles. The van der Waals surface area contributed by atoms with Crippen molar-refractivity contribution in [3.63, 3.8) is 0 Å². The highest BCUT2D eigenvalue weighted by molar-refractivity contribution is 6.05. The van der Waals surface area contributed by atoms with E-state index < -0.39 is 47.0 Å². The van der Waals surface area contributed by atoms with Gasteiger partial charge in [0.05, 0.1) is 17.4 Å². The molecule has 0 spiro atoms. The molecule has 2 rings (SSSR count). The summed E-state index contributed by atoms with van der Waals surface area (Å²) in [5, 5.41) is 25.1. The van der Waals surface area contributed by atoms with Gasteiger partial charge in [0.2, 0.25) is 5.91 Å². The number of carbonyl (C=O) groups is 4. The van der Waals surface area contributed by atoms with Gasteiger partial charge in [0.15, 0.2) is 5.78 Å². The Kier molecular flexibility index (Phi) is 8.13. The van der Waals surface area contributed by atoms with Crippen molar-refractivity contribution in [2.75, 3.05) is 11.9 Å². The van der Waals surface area contributed by atoms with Crippen molar-refractivity contribution in [1.29, 1.82) is 0 Å². The van der Waals surface area contributed by atoms with E-state index in [1.54, 1.807) is 6.92 Å². The van der Waals surface area contributed by atoms with Crippen LogP contribution in [0.15, 0.2) is 48.5 Å². The van der Waals surface area contributed by atoms with Crippen LogP contribution in [0.4, 0.5) is 11.4 Å². The number of nitrogens with zero attached hydrogens (tertiary/aromatic N) is 1. The minimum atomic E-state index is -1.27. The maximum Gasteiger partial charge on any atom is 0.269 e. The number of primary amides is 1. The van der Waals surface area contributed by atoms with Gasteiger partial charge in [-0.15, -0.1) is 0 Å². The van der Waals surface area contributed by atoms with Gasteiger partial charge < -0.3 is 21.5 Å². The number of benzene rings is 2. The van der Waals surface area contributed by atoms with Crippen LogP contribution in [0.3, 0.4) is 0 Å². The number of hydrogen-bond acceptors (Lipinski definition) is 7. The SMILES string of the molecule is CCC(=O)C(NC(=O)c1ccc(NC(=O)c2ccc([N+](=O)[O-])cc2)cc1)C(CO)C(N)=O. The van der Waals surface area contributed by atoms with E-state index in [9.17, 15) is 34.4 Å². The maximum absolute atomic E-state index is 12.5. The van der Waals surface area contributed by atoms with E-state index in [2.05, 4.69) is 10.6 Å². The fraction of sp³-hybridized carbons (Fsp3) is 0.238. The molecule has 2 aromatic rings. The lowest BCUT2D eigenvalue weighted by molar-refractivity contribution is -0.384. The summed E-state index contributed by atoms with van der Waals surface area (Å²) in [7, 11) is 0. The molecule has 0 fully saturated rings. The number of rotatable bonds is 10. The summed E-state index contributed by atoms with van der Waals surface area (Å²) in [6, 6.07) is 9.48. The molecule has 2 aromatic carbocycles. The number of aliphatic hydroxyl groups is 1. The van der Waals surface area contributed by atoms with Crippen molar-refractivity contribution in [1.82, 2.24) is 5.32 Å². The third-order valence-corrected chi connectivity index (χ3v) is 4.69. The van der Waals surface area contributed by atoms with Crippen molar-refractivity contribution in [2.45, 2.75) is 19.4 Å². The van der Waals surface area contributed by atoms with Crippen LogP contribution in [-0.4, -0.2) is 46.2 Å². The van der Waals surface area contributed by atoms with Gasteiger partial charge in [-0.1, -0.05) is 6.92 Å². The average molecular weight is 442 g/mol. The van der Waals surface area contributed by atoms with Crippen molar-refractivity contribution in [3.05, 3.63) is 69.8 Å². The minimum Gasteiger partial charge on any atom is -0.395 e. The number of hydrogen-bond donors (Lipinski definition) is 4. The lowest BCUT2D eigenvalue weighted by atomic mass is 9.94. The summed E-state index contributed by atoms with van der Waals surface area (Å²) in [4.78, 5) is 58.6. The molecule has 32 heavy (non-hydrogen) atoms. The highest BCUT2D eigenvalue weighted by atomic mass is 16.6. The van der Waals surface area contributed by atoms with E-state index in [0.717, 1.165) is 0 Å². The molecule has 11 heteroatoms. The van der Waals surface area contributed by atoms with E-state index in [0.29, 0.717) is 5.69 Å². The number of anilines is 1. The summed E-state index contributed by atoms with van der Waals surface area (Å²) in [6.07, 6.45) is 0.0301. The Morgan fingerprint density at radius 3 is 2.00 bits per heavy atom. The lowest BCUT2D eigenvalue weighted by Gasteiger charge is -2.23. The molecular formula is C21H22N4O7. The molecule has 0 saturated carbocycles. The molecule has 5 N–H and O–H groups in total. The number of non-ortho nitro benzene ring substituents is 1. The Balaban J connectivity index is 2.09. The van der Waals surface area contributed by atoms with Crippen molar-refractivity contribution in [2.24, 2.45) is 11.7 Å². The standard InChI is InChI=1S/C21H22N4O7/c1-2-17(27)18(16(11-26)19(22)28)24-21(30)12-3-7-14(8-4-12)23-20(29)13-5-9-15(10-6-13)25(31)32/h3-10,16,18,26H,2,11H2,1H3,(H2,22,28)(H,23,29)(H,24,30). The molecular weight excluding hydrogens is 420 g/mol. The number of ketones is 1. The predicted octanol–water partition coefficient (Wildman–Crippen LogP) is 1.02. The van der Waals surface area contributed by atoms with Crippen LogP contribution in [-0.2, 0) is 9.59 Å². The van der Waals surface area contributed by atoms with E-state index >= 15 is 0 Å². The van der Waals surface area contributed by atoms with Gasteiger partial charge in [0.1, 0.15) is 6.04 Å². The molecule has 0 aromatic heterocycles. The first kappa shape index (κ1) is 24.2. The van der Waals surface area contributed by atoms with Crippen LogP contribution in [0.25, 0.3) is 0 Å². The normalized spacial score (nSPS) is 12.3. The Morgan fingerprint density at radius 1 is 1.00 bits per heavy atom. The number of nitro groups is 1. The molecule has 3 amide bonds. The molecule has 0 bridgehead atoms. The molecule has 11 nitrogen and oxygen atoms in total. The van der Waals surface area contributed by atoms with Crippen LogP contribution < -0.4 is 16.4 Å². The molecule has 2 atom stereocenters. The van der Waals surface area contributed by atoms with Gasteiger partial charge in [0, 0.05) is 35.4 Å². The molecule has 0 aliphatic heterocycles. The number of carbonyl (C=O) groups excluding carboxylic acids is 4. The van der Waals surface area contributed by atoms with Crippen LogP contribution in [0, 0.1) is 16.0 Å². The quantitative estimate of drug-likeness (QED) is 0.313. The molecule has 168 valence electrons. The monoisotopic (exact) mass is 442 g/mol. The van der Waals surface area contributed by atoms with Crippen LogP contribution in [0.1, 0.15) is 34.1 Å². The summed E-state index contributed by atoms with van der Waals surface area (Å²) in [5.41, 5.74) is 5.79. The summed E-state index contributed by atoms with van der Waals surface area (Å²) in [6.45, 7) is 0.860. The van der Waals surface area contributed by atoms with E-state index in [1.807, 2.05) is 0 Å². The van der Waals surface area contributed by atoms with E-state index in [-0.39, 0.29) is 23.2 Å². The summed E-state index contributed by atoms with van der Waals surface area (Å²) in [5.74, 6) is -3.79. The average Bonchev–Trinajstić information content (AvgIpc) is 2.78. The maximum atomic E-state index is 12.5. The third kappa shape index (κ3) is 5.95. The second-order valence-electron chi connectivity index (χ2n) is 6.80. The molecule has 0 saturated heterocycles. The third-order valence-electron chi connectivity index (χ3n) is 4.69. The van der Waals surface area contributed by atoms with Gasteiger partial charge in [-0.05, 0) is 36.4 Å². The largest absolute Gasteiger partial charge is 0.395 e. The van der Waals surface area contributed by atoms with Gasteiger partial charge in [-0.25, -0.2) is 0 Å². The van der Waals surface area contributed by atoms with Crippen LogP contribution in [0.5, 0.6) is 0 Å². The second-order valence-corrected chi connectivity index (χ2v) is 6.80. The van der Waals surface area contributed by atoms with Gasteiger partial charge in [-0.2, -0.15) is 0 Å². The van der Waals surface area contributed by atoms with Gasteiger partial charge in [-0.3, -0.25) is 29.3 Å². The number of nitrogens with two attached hydrogens (primary N) is 1. The first-order valence-corrected chi connectivity index (χ1v) is 9.57. The number of amides is 3. The topological polar surface area (TPSA) is 182 Å². The fourth-order valence-corrected chi connectivity index (χ4v) is 2.85. The molecule has 0 aliphatic rings. The second kappa shape index (κ2) is 10.8. The van der Waals surface area contributed by atoms with Crippen molar-refractivity contribution in [3.8, 4) is 0 Å². The van der Waals surface area contributed by atoms with Crippen LogP contribution in [0.2, 0.25) is 0 Å². The first-order valence-electron chi connectivity index (χ1n) is 9.57. The fourth-order valence-electron chi connectivity index (χ4n) is 2.85. The lowest BCUT2D eigenvalue weighted by Crippen LogP contribution is -2.51. The predicted molar refractivity (Wildman–Crippen MR) is 114 cm³/mol. The number of Topliss-reactive ketones (excluding diaryl/α,β-unsaturated/α-hetero) is 1. The Labute approximate surface area is 182 Å². The van der Waals surface area contributed by atoms with Crippen LogP contribution >= 0.6 is 0 Å². The summed E-state index contributed by atoms with van der Waals surface area (Å²) >= 11 is 0. The van der Waals surface area contributed by atoms with Crippen molar-refractivity contribution >= 4 is 34.9 Å². The smallest absolute Gasteiger partial charge is 0.269 e. The Bertz CT molecular complexity index is 1020. The van der Waals surface area contributed by atoms with Gasteiger partial charge in [0.25, 0.3) is 17.5 Å². The van der Waals surface area contributed by atoms with Crippen molar-refractivity contribution < 1.29 is 29.2 Å². The van der Waals surface area contributed by atoms with E-state index in [1.165, 1.54) is 48.5 Å². The Hall–Kier alpha value is -4.12. The Morgan fingerprint density at radius 2 is 1.53 bits per heavy atom. The highest BCUT2D eigenvalue weighted by Crippen LogP contribution is 2.15. The molecule has 0 aliphatic carbocycles.